The van der Waals surface area contributed by atoms with Gasteiger partial charge in [0.2, 0.25) is 5.91 Å². The van der Waals surface area contributed by atoms with Gasteiger partial charge in [0, 0.05) is 17.4 Å². The zero-order chi connectivity index (χ0) is 22.9. The monoisotopic (exact) mass is 432 g/mol. The fourth-order valence-electron chi connectivity index (χ4n) is 4.86. The third kappa shape index (κ3) is 3.66. The van der Waals surface area contributed by atoms with E-state index in [1.165, 1.54) is 0 Å². The van der Waals surface area contributed by atoms with Gasteiger partial charge in [-0.3, -0.25) is 4.79 Å². The molecular formula is C25H28N4O3. The quantitative estimate of drug-likeness (QED) is 0.720. The Bertz CT molecular complexity index is 1110. The summed E-state index contributed by atoms with van der Waals surface area (Å²) in [6, 6.07) is 11.0. The van der Waals surface area contributed by atoms with Crippen LogP contribution < -0.4 is 15.4 Å². The van der Waals surface area contributed by atoms with Crippen LogP contribution in [0.2, 0.25) is 0 Å². The average Bonchev–Trinajstić information content (AvgIpc) is 2.80. The highest BCUT2D eigenvalue weighted by Gasteiger charge is 2.48. The molecule has 2 aromatic rings. The molecule has 1 aliphatic carbocycles. The Balaban J connectivity index is 1.69. The highest BCUT2D eigenvalue weighted by Crippen LogP contribution is 2.40. The number of benzene rings is 2. The van der Waals surface area contributed by atoms with E-state index in [2.05, 4.69) is 16.7 Å². The molecule has 1 heterocycles. The number of carbonyl (C=O) groups excluding carboxylic acids is 2. The first-order chi connectivity index (χ1) is 15.4. The maximum atomic E-state index is 13.7. The molecule has 0 radical (unpaired) electrons. The summed E-state index contributed by atoms with van der Waals surface area (Å²) in [6.45, 7) is 4.13. The topological polar surface area (TPSA) is 94.5 Å². The Kier molecular flexibility index (Phi) is 5.79. The van der Waals surface area contributed by atoms with E-state index in [1.54, 1.807) is 30.2 Å². The van der Waals surface area contributed by atoms with E-state index in [9.17, 15) is 14.9 Å². The summed E-state index contributed by atoms with van der Waals surface area (Å²) in [5, 5.41) is 15.4. The number of nitrogens with one attached hydrogen (secondary N) is 2. The van der Waals surface area contributed by atoms with Crippen LogP contribution in [0.4, 0.5) is 16.2 Å². The van der Waals surface area contributed by atoms with Crippen LogP contribution in [0.1, 0.15) is 54.4 Å². The maximum absolute atomic E-state index is 13.7. The molecule has 0 aromatic heterocycles. The van der Waals surface area contributed by atoms with Crippen molar-refractivity contribution in [3.8, 4) is 11.8 Å². The second kappa shape index (κ2) is 8.54. The first-order valence-corrected chi connectivity index (χ1v) is 11.0. The third-order valence-corrected chi connectivity index (χ3v) is 6.81. The number of fused-ring (bicyclic) bond motifs is 1. The van der Waals surface area contributed by atoms with Crippen molar-refractivity contribution in [1.82, 2.24) is 4.90 Å². The number of methoxy groups -OCH3 is 1. The van der Waals surface area contributed by atoms with Crippen molar-refractivity contribution < 1.29 is 14.3 Å². The number of nitrogens with zero attached hydrogens (tertiary/aromatic N) is 2. The number of ether oxygens (including phenoxy) is 1. The molecular weight excluding hydrogens is 404 g/mol. The van der Waals surface area contributed by atoms with Crippen molar-refractivity contribution in [2.24, 2.45) is 0 Å². The van der Waals surface area contributed by atoms with Gasteiger partial charge in [-0.15, -0.1) is 0 Å². The molecule has 0 atom stereocenters. The van der Waals surface area contributed by atoms with Crippen molar-refractivity contribution in [3.05, 3.63) is 52.6 Å². The second-order valence-electron chi connectivity index (χ2n) is 8.62. The van der Waals surface area contributed by atoms with Crippen LogP contribution in [0.25, 0.3) is 0 Å². The second-order valence-corrected chi connectivity index (χ2v) is 8.62. The zero-order valence-corrected chi connectivity index (χ0v) is 18.7. The van der Waals surface area contributed by atoms with Crippen LogP contribution in [-0.4, -0.2) is 29.5 Å². The van der Waals surface area contributed by atoms with Gasteiger partial charge in [-0.1, -0.05) is 25.3 Å². The molecule has 2 aromatic carbocycles. The number of aryl methyl sites for hydroxylation is 1. The van der Waals surface area contributed by atoms with E-state index >= 15 is 0 Å². The predicted molar refractivity (Wildman–Crippen MR) is 123 cm³/mol. The molecule has 32 heavy (non-hydrogen) atoms. The van der Waals surface area contributed by atoms with E-state index in [1.807, 2.05) is 26.0 Å². The summed E-state index contributed by atoms with van der Waals surface area (Å²) in [4.78, 5) is 28.6. The minimum Gasteiger partial charge on any atom is -0.496 e. The van der Waals surface area contributed by atoms with Gasteiger partial charge in [0.05, 0.1) is 25.3 Å². The van der Waals surface area contributed by atoms with E-state index in [0.29, 0.717) is 42.1 Å². The Hall–Kier alpha value is -3.53. The van der Waals surface area contributed by atoms with E-state index in [4.69, 9.17) is 4.74 Å². The van der Waals surface area contributed by atoms with Crippen molar-refractivity contribution in [3.63, 3.8) is 0 Å². The van der Waals surface area contributed by atoms with Crippen LogP contribution >= 0.6 is 0 Å². The Morgan fingerprint density at radius 3 is 2.62 bits per heavy atom. The Labute approximate surface area is 188 Å². The Morgan fingerprint density at radius 2 is 1.94 bits per heavy atom. The van der Waals surface area contributed by atoms with Crippen LogP contribution in [0.5, 0.6) is 5.75 Å². The van der Waals surface area contributed by atoms with E-state index < -0.39 is 5.54 Å². The van der Waals surface area contributed by atoms with Gasteiger partial charge in [-0.05, 0) is 61.6 Å². The number of rotatable bonds is 4. The summed E-state index contributed by atoms with van der Waals surface area (Å²) in [7, 11) is 1.60. The summed E-state index contributed by atoms with van der Waals surface area (Å²) < 4.78 is 5.39. The van der Waals surface area contributed by atoms with Gasteiger partial charge < -0.3 is 20.3 Å². The first kappa shape index (κ1) is 21.7. The molecule has 2 N–H and O–H groups in total. The van der Waals surface area contributed by atoms with Gasteiger partial charge in [0.1, 0.15) is 11.3 Å². The number of amides is 3. The third-order valence-electron chi connectivity index (χ3n) is 6.81. The van der Waals surface area contributed by atoms with Gasteiger partial charge in [0.25, 0.3) is 0 Å². The summed E-state index contributed by atoms with van der Waals surface area (Å²) in [6.07, 6.45) is 3.98. The van der Waals surface area contributed by atoms with Crippen LogP contribution in [0.15, 0.2) is 30.3 Å². The highest BCUT2D eigenvalue weighted by molar-refractivity contribution is 6.03. The minimum absolute atomic E-state index is 0.184. The van der Waals surface area contributed by atoms with Crippen molar-refractivity contribution in [1.29, 1.82) is 5.26 Å². The lowest BCUT2D eigenvalue weighted by Gasteiger charge is -2.47. The zero-order valence-electron chi connectivity index (χ0n) is 18.7. The molecule has 4 rings (SSSR count). The fourth-order valence-corrected chi connectivity index (χ4v) is 4.86. The number of hydrogen-bond acceptors (Lipinski definition) is 4. The largest absolute Gasteiger partial charge is 0.496 e. The molecule has 0 bridgehead atoms. The highest BCUT2D eigenvalue weighted by atomic mass is 16.5. The molecule has 2 aliphatic rings. The van der Waals surface area contributed by atoms with Crippen molar-refractivity contribution >= 4 is 23.3 Å². The summed E-state index contributed by atoms with van der Waals surface area (Å²) in [5.41, 5.74) is 3.68. The maximum Gasteiger partial charge on any atom is 0.323 e. The lowest BCUT2D eigenvalue weighted by atomic mass is 9.78. The van der Waals surface area contributed by atoms with Crippen LogP contribution in [0, 0.1) is 25.2 Å². The average molecular weight is 433 g/mol. The number of anilines is 2. The number of urea groups is 1. The molecule has 1 aliphatic heterocycles. The molecule has 3 amide bonds. The van der Waals surface area contributed by atoms with Gasteiger partial charge in [-0.25, -0.2) is 4.79 Å². The van der Waals surface area contributed by atoms with E-state index in [-0.39, 0.29) is 11.9 Å². The standard InChI is InChI=1S/C25H28N4O3/c1-16-7-9-19(13-22(16)32-3)27-23(30)25(11-5-4-6-12-25)29-15-20-17(2)18(14-26)8-10-21(20)28-24(29)31/h7-10,13H,4-6,11-12,15H2,1-3H3,(H,27,30)(H,28,31). The number of carbonyl (C=O) groups is 2. The van der Waals surface area contributed by atoms with Crippen molar-refractivity contribution in [2.45, 2.75) is 58.0 Å². The fraction of sp³-hybridized carbons (Fsp3) is 0.400. The molecule has 166 valence electrons. The predicted octanol–water partition coefficient (Wildman–Crippen LogP) is 4.87. The molecule has 7 heteroatoms. The first-order valence-electron chi connectivity index (χ1n) is 11.0. The lowest BCUT2D eigenvalue weighted by Crippen LogP contribution is -2.61. The van der Waals surface area contributed by atoms with Crippen LogP contribution in [0.3, 0.4) is 0 Å². The number of nitriles is 1. The molecule has 7 nitrogen and oxygen atoms in total. The van der Waals surface area contributed by atoms with Crippen LogP contribution in [-0.2, 0) is 11.3 Å². The summed E-state index contributed by atoms with van der Waals surface area (Å²) >= 11 is 0. The SMILES string of the molecule is COc1cc(NC(=O)C2(N3Cc4c(ccc(C#N)c4C)NC3=O)CCCCC2)ccc1C. The molecule has 0 unspecified atom stereocenters. The normalized spacial score (nSPS) is 17.1. The van der Waals surface area contributed by atoms with Gasteiger partial charge in [-0.2, -0.15) is 5.26 Å². The Morgan fingerprint density at radius 1 is 1.19 bits per heavy atom. The molecule has 1 fully saturated rings. The number of hydrogen-bond donors (Lipinski definition) is 2. The summed E-state index contributed by atoms with van der Waals surface area (Å²) in [5.74, 6) is 0.514. The molecule has 1 saturated carbocycles. The molecule has 0 spiro atoms. The molecule has 0 saturated heterocycles. The lowest BCUT2D eigenvalue weighted by molar-refractivity contribution is -0.128. The smallest absolute Gasteiger partial charge is 0.323 e. The van der Waals surface area contributed by atoms with E-state index in [0.717, 1.165) is 36.0 Å². The van der Waals surface area contributed by atoms with Gasteiger partial charge >= 0.3 is 6.03 Å². The van der Waals surface area contributed by atoms with Crippen molar-refractivity contribution in [2.75, 3.05) is 17.7 Å². The van der Waals surface area contributed by atoms with Gasteiger partial charge in [0.15, 0.2) is 0 Å². The minimum atomic E-state index is -0.951.